The minimum Gasteiger partial charge on any atom is -0.494 e. The van der Waals surface area contributed by atoms with E-state index in [1.165, 1.54) is 4.90 Å². The molecular weight excluding hydrogens is 775 g/mol. The molecule has 0 radical (unpaired) electrons. The van der Waals surface area contributed by atoms with E-state index in [9.17, 15) is 24.3 Å². The molecule has 0 bridgehead atoms. The van der Waals surface area contributed by atoms with Gasteiger partial charge < -0.3 is 19.5 Å². The fraction of sp³-hybridized carbons (Fsp3) is 0.234. The average Bonchev–Trinajstić information content (AvgIpc) is 3.75. The number of carboxylic acid groups (broad SMARTS) is 1. The highest BCUT2D eigenvalue weighted by atomic mass is 16.5. The van der Waals surface area contributed by atoms with Gasteiger partial charge in [0, 0.05) is 22.3 Å². The number of amides is 2. The van der Waals surface area contributed by atoms with E-state index in [-0.39, 0.29) is 48.5 Å². The van der Waals surface area contributed by atoms with Crippen LogP contribution in [0.1, 0.15) is 57.1 Å². The topological polar surface area (TPSA) is 168 Å². The summed E-state index contributed by atoms with van der Waals surface area (Å²) in [6.07, 6.45) is 0.0522. The Hall–Kier alpha value is -7.32. The maximum atomic E-state index is 13.1. The van der Waals surface area contributed by atoms with E-state index in [1.807, 2.05) is 115 Å². The van der Waals surface area contributed by atoms with E-state index in [4.69, 9.17) is 14.5 Å². The summed E-state index contributed by atoms with van der Waals surface area (Å²) < 4.78 is 11.0. The molecule has 0 saturated heterocycles. The minimum absolute atomic E-state index is 0.0468. The molecule has 1 N–H and O–H groups in total. The summed E-state index contributed by atoms with van der Waals surface area (Å²) in [6.45, 7) is 8.99. The van der Waals surface area contributed by atoms with Gasteiger partial charge in [-0.2, -0.15) is 0 Å². The highest BCUT2D eigenvalue weighted by Crippen LogP contribution is 2.40. The second-order valence-corrected chi connectivity index (χ2v) is 14.7. The number of carboxylic acids is 1. The number of para-hydroxylation sites is 2. The van der Waals surface area contributed by atoms with E-state index < -0.39 is 5.97 Å². The van der Waals surface area contributed by atoms with E-state index >= 15 is 0 Å². The number of aryl methyl sites for hydroxylation is 2. The molecule has 4 aromatic carbocycles. The van der Waals surface area contributed by atoms with Crippen LogP contribution in [0, 0.1) is 13.8 Å². The van der Waals surface area contributed by atoms with Gasteiger partial charge in [-0.1, -0.05) is 36.4 Å². The monoisotopic (exact) mass is 819 g/mol. The first-order chi connectivity index (χ1) is 29.4. The molecule has 6 aromatic rings. The molecule has 0 aliphatic carbocycles. The van der Waals surface area contributed by atoms with E-state index in [0.29, 0.717) is 64.5 Å². The van der Waals surface area contributed by atoms with E-state index in [0.717, 1.165) is 28.1 Å². The van der Waals surface area contributed by atoms with Gasteiger partial charge >= 0.3 is 5.97 Å². The molecule has 0 atom stereocenters. The number of hydrogen-bond acceptors (Lipinski definition) is 11. The number of aromatic carboxylic acids is 1. The Kier molecular flexibility index (Phi) is 12.3. The predicted molar refractivity (Wildman–Crippen MR) is 231 cm³/mol. The van der Waals surface area contributed by atoms with Gasteiger partial charge in [0.2, 0.25) is 11.8 Å². The second-order valence-electron chi connectivity index (χ2n) is 14.7. The highest BCUT2D eigenvalue weighted by Gasteiger charge is 2.37. The Labute approximate surface area is 353 Å². The number of likely N-dealkylation sites (N-methyl/N-ethyl adjacent to an activating group) is 1. The van der Waals surface area contributed by atoms with Gasteiger partial charge in [0.15, 0.2) is 23.1 Å². The molecule has 2 aliphatic heterocycles. The minimum atomic E-state index is -1.18. The zero-order chi connectivity index (χ0) is 43.4. The molecule has 4 heterocycles. The molecule has 14 nitrogen and oxygen atoms in total. The third-order valence-corrected chi connectivity index (χ3v) is 10.0. The maximum absolute atomic E-state index is 13.1. The molecule has 0 fully saturated rings. The third kappa shape index (κ3) is 8.70. The van der Waals surface area contributed by atoms with Crippen LogP contribution in [-0.4, -0.2) is 87.4 Å². The molecule has 8 rings (SSSR count). The first kappa shape index (κ1) is 41.8. The molecule has 0 unspecified atom stereocenters. The summed E-state index contributed by atoms with van der Waals surface area (Å²) in [5, 5.41) is 9.69. The number of rotatable bonds is 12. The zero-order valence-corrected chi connectivity index (χ0v) is 34.8. The molecule has 2 amide bonds. The van der Waals surface area contributed by atoms with Crippen molar-refractivity contribution in [3.63, 3.8) is 0 Å². The standard InChI is InChI=1S/C25H26N4O3.C22H19N3O4/c1-5-32-18-12-10-17(11-13-18)24-26-23(21(30)15-28(3)4)19-14-22(31)29(25(19)27-24)20-9-7-6-8-16(20)2;1-3-29-15-10-8-14(9-11-15)20-23-19(22(27)28)16-12-18(26)25(21(16)24-20)17-7-5-4-6-13(17)2/h6-13H,5,14-15H2,1-4H3;4-11H,3,12H2,1-2H3,(H,27,28). The van der Waals surface area contributed by atoms with Gasteiger partial charge in [0.25, 0.3) is 0 Å². The van der Waals surface area contributed by atoms with Crippen LogP contribution < -0.4 is 19.3 Å². The fourth-order valence-electron chi connectivity index (χ4n) is 7.22. The van der Waals surface area contributed by atoms with Crippen LogP contribution in [-0.2, 0) is 22.4 Å². The molecule has 14 heteroatoms. The van der Waals surface area contributed by atoms with Crippen LogP contribution in [0.4, 0.5) is 23.0 Å². The lowest BCUT2D eigenvalue weighted by Gasteiger charge is -2.20. The molecule has 0 spiro atoms. The number of carbonyl (C=O) groups is 4. The number of anilines is 4. The third-order valence-electron chi connectivity index (χ3n) is 10.0. The number of hydrogen-bond donors (Lipinski definition) is 1. The molecule has 61 heavy (non-hydrogen) atoms. The number of Topliss-reactive ketones (excluding diaryl/α,β-unsaturated/α-hetero) is 1. The number of ketones is 1. The van der Waals surface area contributed by atoms with Gasteiger partial charge in [-0.15, -0.1) is 0 Å². The smallest absolute Gasteiger partial charge is 0.355 e. The Morgan fingerprint density at radius 3 is 1.43 bits per heavy atom. The van der Waals surface area contributed by atoms with Crippen molar-refractivity contribution < 1.29 is 33.8 Å². The second kappa shape index (κ2) is 17.9. The van der Waals surface area contributed by atoms with Crippen molar-refractivity contribution in [3.05, 3.63) is 131 Å². The summed E-state index contributed by atoms with van der Waals surface area (Å²) in [6, 6.07) is 29.6. The van der Waals surface area contributed by atoms with Crippen LogP contribution in [0.2, 0.25) is 0 Å². The van der Waals surface area contributed by atoms with Gasteiger partial charge in [-0.3, -0.25) is 24.2 Å². The van der Waals surface area contributed by atoms with Crippen molar-refractivity contribution in [3.8, 4) is 34.3 Å². The van der Waals surface area contributed by atoms with Crippen molar-refractivity contribution in [1.29, 1.82) is 0 Å². The number of carbonyl (C=O) groups excluding carboxylic acids is 3. The van der Waals surface area contributed by atoms with Gasteiger partial charge in [-0.25, -0.2) is 24.7 Å². The zero-order valence-electron chi connectivity index (χ0n) is 34.8. The Balaban J connectivity index is 0.000000185. The largest absolute Gasteiger partial charge is 0.494 e. The van der Waals surface area contributed by atoms with Gasteiger partial charge in [0.1, 0.15) is 28.8 Å². The lowest BCUT2D eigenvalue weighted by molar-refractivity contribution is -0.117. The van der Waals surface area contributed by atoms with Gasteiger partial charge in [0.05, 0.1) is 44.0 Å². The summed E-state index contributed by atoms with van der Waals surface area (Å²) >= 11 is 0. The average molecular weight is 820 g/mol. The van der Waals surface area contributed by atoms with Crippen LogP contribution in [0.3, 0.4) is 0 Å². The van der Waals surface area contributed by atoms with Crippen LogP contribution in [0.15, 0.2) is 97.1 Å². The summed E-state index contributed by atoms with van der Waals surface area (Å²) in [4.78, 5) is 73.9. The normalized spacial score (nSPS) is 12.8. The number of fused-ring (bicyclic) bond motifs is 2. The van der Waals surface area contributed by atoms with Crippen LogP contribution in [0.25, 0.3) is 22.8 Å². The molecule has 0 saturated carbocycles. The van der Waals surface area contributed by atoms with Crippen LogP contribution in [0.5, 0.6) is 11.5 Å². The van der Waals surface area contributed by atoms with E-state index in [1.54, 1.807) is 34.1 Å². The Bertz CT molecular complexity index is 2650. The van der Waals surface area contributed by atoms with Crippen molar-refractivity contribution in [2.24, 2.45) is 0 Å². The number of aromatic nitrogens is 4. The van der Waals surface area contributed by atoms with Gasteiger partial charge in [-0.05, 0) is 114 Å². The van der Waals surface area contributed by atoms with E-state index in [2.05, 4.69) is 15.0 Å². The quantitative estimate of drug-likeness (QED) is 0.120. The van der Waals surface area contributed by atoms with Crippen molar-refractivity contribution in [2.45, 2.75) is 40.5 Å². The first-order valence-electron chi connectivity index (χ1n) is 19.8. The van der Waals surface area contributed by atoms with Crippen molar-refractivity contribution in [1.82, 2.24) is 24.8 Å². The lowest BCUT2D eigenvalue weighted by Crippen LogP contribution is -2.24. The number of nitrogens with zero attached hydrogens (tertiary/aromatic N) is 7. The maximum Gasteiger partial charge on any atom is 0.355 e. The first-order valence-corrected chi connectivity index (χ1v) is 19.8. The molecular formula is C47H45N7O7. The Morgan fingerprint density at radius 2 is 1.03 bits per heavy atom. The molecule has 310 valence electrons. The SMILES string of the molecule is CCOc1ccc(-c2nc(C(=O)CN(C)C)c3c(n2)N(c2ccccc2C)C(=O)C3)cc1.CCOc1ccc(-c2nc(C(=O)O)c3c(n2)N(c2ccccc2C)C(=O)C3)cc1. The van der Waals surface area contributed by atoms with Crippen LogP contribution >= 0.6 is 0 Å². The number of benzene rings is 4. The summed E-state index contributed by atoms with van der Waals surface area (Å²) in [5.74, 6) is 1.23. The Morgan fingerprint density at radius 1 is 0.623 bits per heavy atom. The lowest BCUT2D eigenvalue weighted by atomic mass is 10.1. The predicted octanol–water partition coefficient (Wildman–Crippen LogP) is 7.59. The van der Waals surface area contributed by atoms with Crippen molar-refractivity contribution in [2.75, 3.05) is 43.7 Å². The summed E-state index contributed by atoms with van der Waals surface area (Å²) in [5.41, 5.74) is 5.76. The molecule has 2 aromatic heterocycles. The highest BCUT2D eigenvalue weighted by molar-refractivity contribution is 6.11. The fourth-order valence-corrected chi connectivity index (χ4v) is 7.22. The number of ether oxygens (including phenoxy) is 2. The summed E-state index contributed by atoms with van der Waals surface area (Å²) in [7, 11) is 3.66. The molecule has 2 aliphatic rings. The van der Waals surface area contributed by atoms with Crippen molar-refractivity contribution >= 4 is 46.6 Å².